The summed E-state index contributed by atoms with van der Waals surface area (Å²) in [4.78, 5) is 14.6. The van der Waals surface area contributed by atoms with E-state index in [0.717, 1.165) is 13.1 Å². The molecule has 2 bridgehead atoms. The van der Waals surface area contributed by atoms with Gasteiger partial charge in [-0.2, -0.15) is 0 Å². The minimum absolute atomic E-state index is 0.209. The Bertz CT molecular complexity index is 318. The van der Waals surface area contributed by atoms with Crippen molar-refractivity contribution in [2.24, 2.45) is 5.92 Å². The fourth-order valence-corrected chi connectivity index (χ4v) is 3.79. The monoisotopic (exact) mass is 295 g/mol. The number of carbonyl (C=O) groups excluding carboxylic acids is 1. The fraction of sp³-hybridized carbons (Fsp3) is 0.941. The second kappa shape index (κ2) is 8.14. The quantitative estimate of drug-likeness (QED) is 0.756. The van der Waals surface area contributed by atoms with E-state index < -0.39 is 0 Å². The van der Waals surface area contributed by atoms with Crippen molar-refractivity contribution in [3.63, 3.8) is 0 Å². The van der Waals surface area contributed by atoms with Crippen LogP contribution in [0.1, 0.15) is 59.3 Å². The average Bonchev–Trinajstić information content (AvgIpc) is 2.43. The molecule has 0 aliphatic carbocycles. The fourth-order valence-electron chi connectivity index (χ4n) is 3.79. The minimum atomic E-state index is 0.209. The summed E-state index contributed by atoms with van der Waals surface area (Å²) in [7, 11) is 0. The molecular formula is C17H33N3O. The summed E-state index contributed by atoms with van der Waals surface area (Å²) in [5.41, 5.74) is 0. The van der Waals surface area contributed by atoms with E-state index in [9.17, 15) is 4.79 Å². The van der Waals surface area contributed by atoms with Gasteiger partial charge in [0.2, 0.25) is 5.91 Å². The van der Waals surface area contributed by atoms with Gasteiger partial charge in [0.15, 0.2) is 0 Å². The van der Waals surface area contributed by atoms with E-state index in [1.165, 1.54) is 38.5 Å². The highest BCUT2D eigenvalue weighted by Gasteiger charge is 2.38. The first-order chi connectivity index (χ1) is 10.1. The summed E-state index contributed by atoms with van der Waals surface area (Å²) in [5.74, 6) is 0.734. The van der Waals surface area contributed by atoms with Crippen LogP contribution in [-0.2, 0) is 4.79 Å². The van der Waals surface area contributed by atoms with Crippen LogP contribution in [0.25, 0.3) is 0 Å². The van der Waals surface area contributed by atoms with Crippen LogP contribution in [0.5, 0.6) is 0 Å². The van der Waals surface area contributed by atoms with Gasteiger partial charge < -0.3 is 10.6 Å². The molecule has 0 radical (unpaired) electrons. The zero-order valence-corrected chi connectivity index (χ0v) is 14.0. The van der Waals surface area contributed by atoms with Crippen LogP contribution in [-0.4, -0.2) is 48.6 Å². The van der Waals surface area contributed by atoms with Crippen molar-refractivity contribution in [1.82, 2.24) is 15.5 Å². The van der Waals surface area contributed by atoms with Crippen molar-refractivity contribution in [1.29, 1.82) is 0 Å². The first kappa shape index (κ1) is 16.8. The highest BCUT2D eigenvalue weighted by Crippen LogP contribution is 2.33. The molecule has 1 amide bonds. The maximum atomic E-state index is 12.1. The van der Waals surface area contributed by atoms with E-state index in [1.54, 1.807) is 0 Å². The lowest BCUT2D eigenvalue weighted by molar-refractivity contribution is -0.125. The Morgan fingerprint density at radius 3 is 2.48 bits per heavy atom. The lowest BCUT2D eigenvalue weighted by atomic mass is 9.81. The Balaban J connectivity index is 1.84. The van der Waals surface area contributed by atoms with E-state index in [0.29, 0.717) is 30.6 Å². The molecule has 2 rings (SSSR count). The third-order valence-electron chi connectivity index (χ3n) is 4.84. The predicted octanol–water partition coefficient (Wildman–Crippen LogP) is 2.14. The molecule has 0 aromatic carbocycles. The molecule has 2 heterocycles. The molecule has 21 heavy (non-hydrogen) atoms. The Morgan fingerprint density at radius 2 is 1.90 bits per heavy atom. The molecule has 2 atom stereocenters. The molecule has 0 saturated carbocycles. The Hall–Kier alpha value is -0.610. The number of nitrogens with zero attached hydrogens (tertiary/aromatic N) is 1. The van der Waals surface area contributed by atoms with Gasteiger partial charge in [-0.1, -0.05) is 27.2 Å². The Kier molecular flexibility index (Phi) is 6.49. The zero-order chi connectivity index (χ0) is 15.2. The van der Waals surface area contributed by atoms with Gasteiger partial charge in [-0.15, -0.1) is 0 Å². The third-order valence-corrected chi connectivity index (χ3v) is 4.84. The van der Waals surface area contributed by atoms with Gasteiger partial charge in [0.05, 0.1) is 6.54 Å². The molecule has 4 heteroatoms. The maximum absolute atomic E-state index is 12.1. The number of carbonyl (C=O) groups is 1. The molecule has 0 aromatic heterocycles. The van der Waals surface area contributed by atoms with Crippen LogP contribution in [0, 0.1) is 5.92 Å². The van der Waals surface area contributed by atoms with Crippen molar-refractivity contribution < 1.29 is 4.79 Å². The predicted molar refractivity (Wildman–Crippen MR) is 87.3 cm³/mol. The highest BCUT2D eigenvalue weighted by molar-refractivity contribution is 5.78. The number of amides is 1. The number of hydrogen-bond acceptors (Lipinski definition) is 3. The maximum Gasteiger partial charge on any atom is 0.234 e. The molecule has 0 spiro atoms. The first-order valence-corrected chi connectivity index (χ1v) is 8.86. The van der Waals surface area contributed by atoms with E-state index in [4.69, 9.17) is 0 Å². The standard InChI is InChI=1S/C17H33N3O/c1-4-8-18-14-9-15-6-5-7-16(10-14)20(15)12-17(21)19-11-13(2)3/h13-16,18H,4-12H2,1-3H3,(H,19,21). The SMILES string of the molecule is CCCNC1CC2CCCC(C1)N2CC(=O)NCC(C)C. The minimum Gasteiger partial charge on any atom is -0.355 e. The summed E-state index contributed by atoms with van der Waals surface area (Å²) < 4.78 is 0. The number of nitrogens with one attached hydrogen (secondary N) is 2. The van der Waals surface area contributed by atoms with Crippen LogP contribution >= 0.6 is 0 Å². The molecule has 2 aliphatic rings. The number of hydrogen-bond donors (Lipinski definition) is 2. The molecule has 2 fully saturated rings. The van der Waals surface area contributed by atoms with Gasteiger partial charge in [0, 0.05) is 24.7 Å². The first-order valence-electron chi connectivity index (χ1n) is 8.86. The molecular weight excluding hydrogens is 262 g/mol. The van der Waals surface area contributed by atoms with Crippen molar-refractivity contribution in [2.75, 3.05) is 19.6 Å². The second-order valence-corrected chi connectivity index (χ2v) is 7.23. The summed E-state index contributed by atoms with van der Waals surface area (Å²) in [5, 5.41) is 6.75. The number of piperidine rings is 2. The molecule has 0 aromatic rings. The van der Waals surface area contributed by atoms with Crippen LogP contribution in [0.2, 0.25) is 0 Å². The van der Waals surface area contributed by atoms with E-state index in [2.05, 4.69) is 36.3 Å². The van der Waals surface area contributed by atoms with Crippen molar-refractivity contribution in [2.45, 2.75) is 77.4 Å². The average molecular weight is 295 g/mol. The largest absolute Gasteiger partial charge is 0.355 e. The number of fused-ring (bicyclic) bond motifs is 2. The highest BCUT2D eigenvalue weighted by atomic mass is 16.2. The van der Waals surface area contributed by atoms with E-state index >= 15 is 0 Å². The normalized spacial score (nSPS) is 29.6. The molecule has 2 saturated heterocycles. The number of rotatable bonds is 7. The summed E-state index contributed by atoms with van der Waals surface area (Å²) in [6.45, 7) is 9.02. The zero-order valence-electron chi connectivity index (χ0n) is 14.0. The molecule has 122 valence electrons. The van der Waals surface area contributed by atoms with Gasteiger partial charge in [0.1, 0.15) is 0 Å². The van der Waals surface area contributed by atoms with Crippen LogP contribution in [0.3, 0.4) is 0 Å². The van der Waals surface area contributed by atoms with Crippen LogP contribution in [0.4, 0.5) is 0 Å². The van der Waals surface area contributed by atoms with Gasteiger partial charge in [-0.05, 0) is 44.6 Å². The summed E-state index contributed by atoms with van der Waals surface area (Å²) >= 11 is 0. The second-order valence-electron chi connectivity index (χ2n) is 7.23. The molecule has 2 unspecified atom stereocenters. The van der Waals surface area contributed by atoms with Crippen molar-refractivity contribution in [3.8, 4) is 0 Å². The summed E-state index contributed by atoms with van der Waals surface area (Å²) in [6.07, 6.45) is 7.49. The summed E-state index contributed by atoms with van der Waals surface area (Å²) in [6, 6.07) is 1.88. The lowest BCUT2D eigenvalue weighted by Gasteiger charge is -2.48. The van der Waals surface area contributed by atoms with Crippen LogP contribution < -0.4 is 10.6 Å². The Labute approximate surface area is 130 Å². The Morgan fingerprint density at radius 1 is 1.24 bits per heavy atom. The molecule has 2 aliphatic heterocycles. The molecule has 2 N–H and O–H groups in total. The smallest absolute Gasteiger partial charge is 0.234 e. The molecule has 4 nitrogen and oxygen atoms in total. The lowest BCUT2D eigenvalue weighted by Crippen LogP contribution is -2.58. The van der Waals surface area contributed by atoms with Crippen LogP contribution in [0.15, 0.2) is 0 Å². The topological polar surface area (TPSA) is 44.4 Å². The van der Waals surface area contributed by atoms with E-state index in [1.807, 2.05) is 0 Å². The van der Waals surface area contributed by atoms with Crippen molar-refractivity contribution in [3.05, 3.63) is 0 Å². The van der Waals surface area contributed by atoms with Gasteiger partial charge >= 0.3 is 0 Å². The van der Waals surface area contributed by atoms with Gasteiger partial charge in [-0.3, -0.25) is 9.69 Å². The van der Waals surface area contributed by atoms with Crippen molar-refractivity contribution >= 4 is 5.91 Å². The van der Waals surface area contributed by atoms with Gasteiger partial charge in [0.25, 0.3) is 0 Å². The van der Waals surface area contributed by atoms with E-state index in [-0.39, 0.29) is 5.91 Å². The third kappa shape index (κ3) is 4.96. The van der Waals surface area contributed by atoms with Gasteiger partial charge in [-0.25, -0.2) is 0 Å².